The summed E-state index contributed by atoms with van der Waals surface area (Å²) in [4.78, 5) is 11.1. The van der Waals surface area contributed by atoms with Crippen molar-refractivity contribution in [1.29, 1.82) is 0 Å². The highest BCUT2D eigenvalue weighted by atomic mass is 19.1. The van der Waals surface area contributed by atoms with Gasteiger partial charge < -0.3 is 15.6 Å². The van der Waals surface area contributed by atoms with Gasteiger partial charge in [-0.2, -0.15) is 0 Å². The summed E-state index contributed by atoms with van der Waals surface area (Å²) in [5, 5.41) is 9.11. The number of halogens is 2. The third-order valence-electron chi connectivity index (χ3n) is 5.19. The molecule has 3 N–H and O–H groups in total. The van der Waals surface area contributed by atoms with E-state index in [0.717, 1.165) is 11.1 Å². The molecule has 168 valence electrons. The molecule has 0 radical (unpaired) electrons. The van der Waals surface area contributed by atoms with E-state index in [2.05, 4.69) is 0 Å². The van der Waals surface area contributed by atoms with Crippen LogP contribution in [0.4, 0.5) is 8.78 Å². The van der Waals surface area contributed by atoms with Gasteiger partial charge in [0.05, 0.1) is 13.1 Å². The van der Waals surface area contributed by atoms with Gasteiger partial charge in [-0.1, -0.05) is 48.5 Å². The second kappa shape index (κ2) is 10.9. The van der Waals surface area contributed by atoms with Crippen molar-refractivity contribution < 1.29 is 23.4 Å². The highest BCUT2D eigenvalue weighted by molar-refractivity contribution is 5.71. The van der Waals surface area contributed by atoms with Crippen LogP contribution in [-0.2, 0) is 24.2 Å². The predicted octanol–water partition coefficient (Wildman–Crippen LogP) is 5.62. The second-order valence-electron chi connectivity index (χ2n) is 7.80. The first-order valence-electron chi connectivity index (χ1n) is 10.5. The van der Waals surface area contributed by atoms with E-state index in [1.807, 2.05) is 18.2 Å². The maximum absolute atomic E-state index is 15.1. The quantitative estimate of drug-likeness (QED) is 0.430. The Balaban J connectivity index is 1.94. The van der Waals surface area contributed by atoms with Gasteiger partial charge >= 0.3 is 5.97 Å². The molecule has 0 heterocycles. The smallest absolute Gasteiger partial charge is 0.307 e. The van der Waals surface area contributed by atoms with Crippen LogP contribution in [0.15, 0.2) is 60.7 Å². The van der Waals surface area contributed by atoms with Crippen LogP contribution >= 0.6 is 0 Å². The standard InChI is InChI=1S/C26H27F2NO3/c1-17(29)22-8-4-9-23(26(22)28)21-13-18(6-5-11-27)12-19(14-21)16-32-24-10-3-2-7-20(24)15-25(30)31/h2-4,7-10,12-14,17H,5-6,11,15-16,29H2,1H3,(H,30,31)/t17-/m1/s1. The molecule has 0 amide bonds. The number of carbonyl (C=O) groups is 1. The third kappa shape index (κ3) is 5.92. The second-order valence-corrected chi connectivity index (χ2v) is 7.80. The Morgan fingerprint density at radius 1 is 1.09 bits per heavy atom. The summed E-state index contributed by atoms with van der Waals surface area (Å²) in [5.74, 6) is -0.833. The molecule has 0 bridgehead atoms. The molecule has 1 atom stereocenters. The lowest BCUT2D eigenvalue weighted by Gasteiger charge is -2.15. The van der Waals surface area contributed by atoms with Crippen molar-refractivity contribution in [2.45, 2.75) is 38.8 Å². The first-order chi connectivity index (χ1) is 15.4. The van der Waals surface area contributed by atoms with E-state index in [-0.39, 0.29) is 18.8 Å². The summed E-state index contributed by atoms with van der Waals surface area (Å²) in [6.45, 7) is 1.46. The third-order valence-corrected chi connectivity index (χ3v) is 5.19. The first kappa shape index (κ1) is 23.4. The van der Waals surface area contributed by atoms with Gasteiger partial charge in [0.15, 0.2) is 0 Å². The molecule has 32 heavy (non-hydrogen) atoms. The average molecular weight is 440 g/mol. The number of hydrogen-bond donors (Lipinski definition) is 2. The predicted molar refractivity (Wildman–Crippen MR) is 121 cm³/mol. The zero-order valence-corrected chi connectivity index (χ0v) is 18.0. The fraction of sp³-hybridized carbons (Fsp3) is 0.269. The van der Waals surface area contributed by atoms with Gasteiger partial charge in [0.25, 0.3) is 0 Å². The fourth-order valence-corrected chi connectivity index (χ4v) is 3.66. The lowest BCUT2D eigenvalue weighted by Crippen LogP contribution is -2.08. The number of alkyl halides is 1. The Labute approximate surface area is 186 Å². The molecular formula is C26H27F2NO3. The number of nitrogens with two attached hydrogens (primary N) is 1. The molecule has 0 aliphatic carbocycles. The largest absolute Gasteiger partial charge is 0.489 e. The van der Waals surface area contributed by atoms with E-state index in [4.69, 9.17) is 15.6 Å². The number of ether oxygens (including phenoxy) is 1. The molecule has 0 spiro atoms. The maximum Gasteiger partial charge on any atom is 0.307 e. The van der Waals surface area contributed by atoms with Crippen LogP contribution in [0.3, 0.4) is 0 Å². The first-order valence-corrected chi connectivity index (χ1v) is 10.5. The Morgan fingerprint density at radius 3 is 2.56 bits per heavy atom. The Kier molecular flexibility index (Phi) is 7.95. The van der Waals surface area contributed by atoms with Gasteiger partial charge in [0.2, 0.25) is 0 Å². The minimum absolute atomic E-state index is 0.146. The molecule has 4 nitrogen and oxygen atoms in total. The molecule has 0 aliphatic rings. The number of rotatable bonds is 10. The number of aryl methyl sites for hydroxylation is 1. The van der Waals surface area contributed by atoms with Gasteiger partial charge in [-0.3, -0.25) is 9.18 Å². The van der Waals surface area contributed by atoms with E-state index in [1.54, 1.807) is 49.4 Å². The van der Waals surface area contributed by atoms with E-state index in [9.17, 15) is 9.18 Å². The highest BCUT2D eigenvalue weighted by Gasteiger charge is 2.15. The van der Waals surface area contributed by atoms with Crippen molar-refractivity contribution in [3.63, 3.8) is 0 Å². The maximum atomic E-state index is 15.1. The van der Waals surface area contributed by atoms with Gasteiger partial charge in [-0.05, 0) is 48.6 Å². The molecule has 3 aromatic carbocycles. The minimum Gasteiger partial charge on any atom is -0.489 e. The van der Waals surface area contributed by atoms with Crippen molar-refractivity contribution >= 4 is 5.97 Å². The molecule has 0 saturated carbocycles. The van der Waals surface area contributed by atoms with E-state index in [0.29, 0.717) is 40.8 Å². The molecule has 0 fully saturated rings. The zero-order valence-electron chi connectivity index (χ0n) is 18.0. The molecule has 0 aliphatic heterocycles. The van der Waals surface area contributed by atoms with Crippen LogP contribution in [0.25, 0.3) is 11.1 Å². The van der Waals surface area contributed by atoms with Crippen LogP contribution in [0.1, 0.15) is 41.6 Å². The molecule has 0 unspecified atom stereocenters. The van der Waals surface area contributed by atoms with E-state index >= 15 is 4.39 Å². The van der Waals surface area contributed by atoms with Gasteiger partial charge in [-0.25, -0.2) is 4.39 Å². The lowest BCUT2D eigenvalue weighted by molar-refractivity contribution is -0.136. The van der Waals surface area contributed by atoms with Crippen molar-refractivity contribution in [3.8, 4) is 16.9 Å². The van der Waals surface area contributed by atoms with Crippen molar-refractivity contribution in [2.24, 2.45) is 5.73 Å². The van der Waals surface area contributed by atoms with Gasteiger partial charge in [0, 0.05) is 22.7 Å². The molecule has 3 aromatic rings. The minimum atomic E-state index is -0.943. The van der Waals surface area contributed by atoms with Crippen LogP contribution in [-0.4, -0.2) is 17.8 Å². The normalized spacial score (nSPS) is 11.9. The molecule has 0 aromatic heterocycles. The Morgan fingerprint density at radius 2 is 1.84 bits per heavy atom. The molecule has 3 rings (SSSR count). The van der Waals surface area contributed by atoms with E-state index < -0.39 is 18.7 Å². The SMILES string of the molecule is C[C@@H](N)c1cccc(-c2cc(CCCF)cc(COc3ccccc3CC(=O)O)c2)c1F. The van der Waals surface area contributed by atoms with Gasteiger partial charge in [-0.15, -0.1) is 0 Å². The summed E-state index contributed by atoms with van der Waals surface area (Å²) in [7, 11) is 0. The van der Waals surface area contributed by atoms with Crippen LogP contribution in [0.2, 0.25) is 0 Å². The lowest BCUT2D eigenvalue weighted by atomic mass is 9.95. The summed E-state index contributed by atoms with van der Waals surface area (Å²) < 4.78 is 33.8. The summed E-state index contributed by atoms with van der Waals surface area (Å²) in [6.07, 6.45) is 0.738. The van der Waals surface area contributed by atoms with Crippen molar-refractivity contribution in [3.05, 3.63) is 88.7 Å². The number of carboxylic acid groups (broad SMARTS) is 1. The number of carboxylic acids is 1. The average Bonchev–Trinajstić information content (AvgIpc) is 2.76. The Bertz CT molecular complexity index is 1080. The van der Waals surface area contributed by atoms with Crippen LogP contribution in [0, 0.1) is 5.82 Å². The highest BCUT2D eigenvalue weighted by Crippen LogP contribution is 2.30. The van der Waals surface area contributed by atoms with Crippen LogP contribution < -0.4 is 10.5 Å². The van der Waals surface area contributed by atoms with Gasteiger partial charge in [0.1, 0.15) is 18.2 Å². The topological polar surface area (TPSA) is 72.5 Å². The number of para-hydroxylation sites is 1. The van der Waals surface area contributed by atoms with Crippen molar-refractivity contribution in [1.82, 2.24) is 0 Å². The summed E-state index contributed by atoms with van der Waals surface area (Å²) in [6, 6.07) is 17.3. The number of benzene rings is 3. The van der Waals surface area contributed by atoms with Crippen LogP contribution in [0.5, 0.6) is 5.75 Å². The number of aliphatic carboxylic acids is 1. The molecule has 6 heteroatoms. The zero-order chi connectivity index (χ0) is 23.1. The fourth-order valence-electron chi connectivity index (χ4n) is 3.66. The molecular weight excluding hydrogens is 412 g/mol. The molecule has 0 saturated heterocycles. The summed E-state index contributed by atoms with van der Waals surface area (Å²) in [5.41, 5.74) is 9.66. The van der Waals surface area contributed by atoms with Crippen molar-refractivity contribution in [2.75, 3.05) is 6.67 Å². The number of hydrogen-bond acceptors (Lipinski definition) is 3. The van der Waals surface area contributed by atoms with E-state index in [1.165, 1.54) is 0 Å². The monoisotopic (exact) mass is 439 g/mol. The summed E-state index contributed by atoms with van der Waals surface area (Å²) >= 11 is 0. The Hall–Kier alpha value is -3.25.